The third-order valence-electron chi connectivity index (χ3n) is 4.81. The molecule has 112 valence electrons. The summed E-state index contributed by atoms with van der Waals surface area (Å²) < 4.78 is 23.5. The van der Waals surface area contributed by atoms with Gasteiger partial charge in [-0.15, -0.1) is 0 Å². The number of sulfone groups is 1. The van der Waals surface area contributed by atoms with E-state index in [2.05, 4.69) is 12.2 Å². The minimum absolute atomic E-state index is 0.361. The summed E-state index contributed by atoms with van der Waals surface area (Å²) in [4.78, 5) is 0. The van der Waals surface area contributed by atoms with Crippen LogP contribution in [0.1, 0.15) is 58.3 Å². The second-order valence-corrected chi connectivity index (χ2v) is 8.62. The average Bonchev–Trinajstić information content (AvgIpc) is 2.59. The van der Waals surface area contributed by atoms with Crippen molar-refractivity contribution in [1.29, 1.82) is 0 Å². The van der Waals surface area contributed by atoms with E-state index in [0.29, 0.717) is 29.4 Å². The summed E-state index contributed by atoms with van der Waals surface area (Å²) in [5.74, 6) is 1.89. The first kappa shape index (κ1) is 15.3. The van der Waals surface area contributed by atoms with Crippen LogP contribution in [0.4, 0.5) is 0 Å². The summed E-state index contributed by atoms with van der Waals surface area (Å²) in [6.45, 7) is 3.21. The van der Waals surface area contributed by atoms with Crippen LogP contribution < -0.4 is 5.32 Å². The summed E-state index contributed by atoms with van der Waals surface area (Å²) in [7, 11) is -2.75. The minimum atomic E-state index is -2.75. The Hall–Kier alpha value is -0.0900. The van der Waals surface area contributed by atoms with Gasteiger partial charge in [-0.05, 0) is 44.1 Å². The lowest BCUT2D eigenvalue weighted by atomic mass is 9.83. The molecule has 0 amide bonds. The summed E-state index contributed by atoms with van der Waals surface area (Å²) in [5.41, 5.74) is 0. The van der Waals surface area contributed by atoms with Crippen LogP contribution in [0.5, 0.6) is 0 Å². The molecule has 0 bridgehead atoms. The monoisotopic (exact) mass is 287 g/mol. The van der Waals surface area contributed by atoms with Gasteiger partial charge < -0.3 is 5.32 Å². The molecule has 2 fully saturated rings. The largest absolute Gasteiger partial charge is 0.313 e. The average molecular weight is 287 g/mol. The maximum absolute atomic E-state index is 11.7. The van der Waals surface area contributed by atoms with E-state index in [9.17, 15) is 8.42 Å². The Morgan fingerprint density at radius 1 is 1.05 bits per heavy atom. The fourth-order valence-corrected chi connectivity index (χ4v) is 5.66. The van der Waals surface area contributed by atoms with Crippen molar-refractivity contribution >= 4 is 9.84 Å². The van der Waals surface area contributed by atoms with Crippen LogP contribution in [0.3, 0.4) is 0 Å². The molecule has 0 aromatic rings. The number of hydrogen-bond donors (Lipinski definition) is 1. The number of hydrogen-bond acceptors (Lipinski definition) is 3. The summed E-state index contributed by atoms with van der Waals surface area (Å²) in [6.07, 6.45) is 9.96. The van der Waals surface area contributed by atoms with Crippen LogP contribution in [0.15, 0.2) is 0 Å². The Balaban J connectivity index is 2.01. The van der Waals surface area contributed by atoms with E-state index >= 15 is 0 Å². The first-order chi connectivity index (χ1) is 9.12. The molecule has 0 aromatic heterocycles. The zero-order valence-electron chi connectivity index (χ0n) is 12.2. The van der Waals surface area contributed by atoms with E-state index in [1.165, 1.54) is 38.5 Å². The molecule has 1 aliphatic carbocycles. The van der Waals surface area contributed by atoms with Gasteiger partial charge in [-0.2, -0.15) is 0 Å². The van der Waals surface area contributed by atoms with Crippen LogP contribution in [0.2, 0.25) is 0 Å². The van der Waals surface area contributed by atoms with E-state index in [4.69, 9.17) is 0 Å². The molecule has 0 spiro atoms. The molecule has 3 nitrogen and oxygen atoms in total. The lowest BCUT2D eigenvalue weighted by molar-refractivity contribution is 0.250. The second kappa shape index (κ2) is 7.07. The highest BCUT2D eigenvalue weighted by Crippen LogP contribution is 2.33. The van der Waals surface area contributed by atoms with Gasteiger partial charge in [-0.1, -0.05) is 32.6 Å². The van der Waals surface area contributed by atoms with Crippen LogP contribution in [0, 0.1) is 11.8 Å². The van der Waals surface area contributed by atoms with Gasteiger partial charge in [0.1, 0.15) is 0 Å². The predicted octanol–water partition coefficient (Wildman–Crippen LogP) is 2.76. The molecule has 2 unspecified atom stereocenters. The zero-order chi connectivity index (χ0) is 13.7. The highest BCUT2D eigenvalue weighted by molar-refractivity contribution is 7.91. The van der Waals surface area contributed by atoms with Gasteiger partial charge in [0.15, 0.2) is 9.84 Å². The fraction of sp³-hybridized carbons (Fsp3) is 1.00. The van der Waals surface area contributed by atoms with Crippen molar-refractivity contribution in [2.24, 2.45) is 11.8 Å². The smallest absolute Gasteiger partial charge is 0.150 e. The first-order valence-electron chi connectivity index (χ1n) is 8.06. The third-order valence-corrected chi connectivity index (χ3v) is 6.61. The Kier molecular flexibility index (Phi) is 5.70. The Morgan fingerprint density at radius 3 is 2.26 bits per heavy atom. The predicted molar refractivity (Wildman–Crippen MR) is 80.0 cm³/mol. The van der Waals surface area contributed by atoms with E-state index in [1.54, 1.807) is 0 Å². The molecule has 19 heavy (non-hydrogen) atoms. The molecule has 2 aliphatic rings. The Labute approximate surface area is 118 Å². The standard InChI is InChI=1S/C15H29NO2S/c1-2-10-16-15(13-7-5-3-4-6-8-13)14-9-11-19(17,18)12-14/h13-16H,2-12H2,1H3. The molecule has 1 N–H and O–H groups in total. The van der Waals surface area contributed by atoms with Crippen LogP contribution >= 0.6 is 0 Å². The fourth-order valence-electron chi connectivity index (χ4n) is 3.81. The van der Waals surface area contributed by atoms with Crippen molar-refractivity contribution < 1.29 is 8.42 Å². The molecule has 2 rings (SSSR count). The highest BCUT2D eigenvalue weighted by Gasteiger charge is 2.37. The summed E-state index contributed by atoms with van der Waals surface area (Å²) in [5, 5.41) is 3.68. The topological polar surface area (TPSA) is 46.2 Å². The van der Waals surface area contributed by atoms with Gasteiger partial charge >= 0.3 is 0 Å². The van der Waals surface area contributed by atoms with E-state index in [1.807, 2.05) is 0 Å². The van der Waals surface area contributed by atoms with Crippen molar-refractivity contribution in [3.05, 3.63) is 0 Å². The zero-order valence-corrected chi connectivity index (χ0v) is 13.1. The Morgan fingerprint density at radius 2 is 1.74 bits per heavy atom. The van der Waals surface area contributed by atoms with E-state index < -0.39 is 9.84 Å². The van der Waals surface area contributed by atoms with Gasteiger partial charge in [0, 0.05) is 6.04 Å². The van der Waals surface area contributed by atoms with Crippen molar-refractivity contribution in [1.82, 2.24) is 5.32 Å². The van der Waals surface area contributed by atoms with Gasteiger partial charge in [0.25, 0.3) is 0 Å². The molecule has 1 saturated carbocycles. The lowest BCUT2D eigenvalue weighted by Gasteiger charge is -2.31. The lowest BCUT2D eigenvalue weighted by Crippen LogP contribution is -2.43. The molecule has 4 heteroatoms. The van der Waals surface area contributed by atoms with Crippen LogP contribution in [0.25, 0.3) is 0 Å². The minimum Gasteiger partial charge on any atom is -0.313 e. The van der Waals surface area contributed by atoms with Gasteiger partial charge in [0.2, 0.25) is 0 Å². The maximum atomic E-state index is 11.7. The van der Waals surface area contributed by atoms with Gasteiger partial charge in [-0.3, -0.25) is 0 Å². The molecular weight excluding hydrogens is 258 g/mol. The molecule has 0 radical (unpaired) electrons. The molecule has 1 saturated heterocycles. The van der Waals surface area contributed by atoms with E-state index in [-0.39, 0.29) is 0 Å². The van der Waals surface area contributed by atoms with E-state index in [0.717, 1.165) is 19.4 Å². The normalized spacial score (nSPS) is 30.1. The Bertz CT molecular complexity index is 358. The molecule has 1 aliphatic heterocycles. The van der Waals surface area contributed by atoms with Crippen molar-refractivity contribution in [3.8, 4) is 0 Å². The summed E-state index contributed by atoms with van der Waals surface area (Å²) >= 11 is 0. The van der Waals surface area contributed by atoms with Crippen LogP contribution in [-0.2, 0) is 9.84 Å². The van der Waals surface area contributed by atoms with Crippen LogP contribution in [-0.4, -0.2) is 32.5 Å². The van der Waals surface area contributed by atoms with Crippen molar-refractivity contribution in [2.45, 2.75) is 64.3 Å². The SMILES string of the molecule is CCCNC(C1CCCCCC1)C1CCS(=O)(=O)C1. The van der Waals surface area contributed by atoms with Crippen molar-refractivity contribution in [3.63, 3.8) is 0 Å². The van der Waals surface area contributed by atoms with Gasteiger partial charge in [-0.25, -0.2) is 8.42 Å². The molecule has 1 heterocycles. The summed E-state index contributed by atoms with van der Waals surface area (Å²) in [6, 6.07) is 0.440. The maximum Gasteiger partial charge on any atom is 0.150 e. The third kappa shape index (κ3) is 4.45. The number of rotatable bonds is 5. The molecule has 0 aromatic carbocycles. The highest BCUT2D eigenvalue weighted by atomic mass is 32.2. The second-order valence-electron chi connectivity index (χ2n) is 6.39. The van der Waals surface area contributed by atoms with Gasteiger partial charge in [0.05, 0.1) is 11.5 Å². The molecule has 2 atom stereocenters. The molecular formula is C15H29NO2S. The number of nitrogens with one attached hydrogen (secondary N) is 1. The quantitative estimate of drug-likeness (QED) is 0.791. The first-order valence-corrected chi connectivity index (χ1v) is 9.88. The van der Waals surface area contributed by atoms with Crippen molar-refractivity contribution in [2.75, 3.05) is 18.1 Å².